The Bertz CT molecular complexity index is 861. The molecule has 33 heavy (non-hydrogen) atoms. The monoisotopic (exact) mass is 466 g/mol. The third-order valence-electron chi connectivity index (χ3n) is 4.44. The highest BCUT2D eigenvalue weighted by molar-refractivity contribution is 5.83. The number of rotatable bonds is 8. The van der Waals surface area contributed by atoms with Crippen LogP contribution in [0.5, 0.6) is 0 Å². The van der Waals surface area contributed by atoms with E-state index in [9.17, 15) is 18.3 Å². The van der Waals surface area contributed by atoms with Crippen LogP contribution < -0.4 is 11.1 Å². The van der Waals surface area contributed by atoms with E-state index >= 15 is 0 Å². The number of allylic oxidation sites excluding steroid dienone is 8. The molecule has 0 saturated carbocycles. The first-order chi connectivity index (χ1) is 15.6. The summed E-state index contributed by atoms with van der Waals surface area (Å²) in [6, 6.07) is 2.68. The number of anilines is 1. The molecule has 1 aromatic rings. The lowest BCUT2D eigenvalue weighted by Gasteiger charge is -2.20. The van der Waals surface area contributed by atoms with Crippen LogP contribution in [0.15, 0.2) is 66.0 Å². The van der Waals surface area contributed by atoms with Crippen molar-refractivity contribution >= 4 is 11.3 Å². The van der Waals surface area contributed by atoms with Gasteiger partial charge in [-0.1, -0.05) is 64.7 Å². The van der Waals surface area contributed by atoms with Gasteiger partial charge in [0.15, 0.2) is 0 Å². The van der Waals surface area contributed by atoms with Crippen molar-refractivity contribution in [2.75, 3.05) is 18.9 Å². The molecular formula is C27H41F3N2O. The first-order valence-electron chi connectivity index (χ1n) is 11.3. The Hall–Kier alpha value is -2.73. The zero-order chi connectivity index (χ0) is 26.2. The number of nitrogens with two attached hydrogens (primary N) is 1. The van der Waals surface area contributed by atoms with Gasteiger partial charge in [-0.2, -0.15) is 13.2 Å². The number of alkyl halides is 3. The zero-order valence-electron chi connectivity index (χ0n) is 21.3. The quantitative estimate of drug-likeness (QED) is 0.267. The molecule has 186 valence electrons. The van der Waals surface area contributed by atoms with Crippen molar-refractivity contribution in [2.45, 2.75) is 61.1 Å². The molecular weight excluding hydrogens is 425 g/mol. The van der Waals surface area contributed by atoms with E-state index in [-0.39, 0.29) is 11.3 Å². The van der Waals surface area contributed by atoms with E-state index in [2.05, 4.69) is 11.9 Å². The fourth-order valence-corrected chi connectivity index (χ4v) is 2.76. The summed E-state index contributed by atoms with van der Waals surface area (Å²) >= 11 is 0. The Kier molecular flexibility index (Phi) is 16.6. The van der Waals surface area contributed by atoms with Crippen molar-refractivity contribution < 1.29 is 18.3 Å². The Labute approximate surface area is 198 Å². The fraction of sp³-hybridized carbons (Fsp3) is 0.407. The third-order valence-corrected chi connectivity index (χ3v) is 4.44. The SMILES string of the molecule is C=C(O)/C(C)=C/C=C(C)/C(=C\C=C/C)c1cc(CCN)c(NC)cc1C(F)(F)F.CC.CC. The summed E-state index contributed by atoms with van der Waals surface area (Å²) in [4.78, 5) is 0. The molecule has 0 amide bonds. The zero-order valence-corrected chi connectivity index (χ0v) is 21.3. The summed E-state index contributed by atoms with van der Waals surface area (Å²) < 4.78 is 41.6. The molecule has 0 bridgehead atoms. The molecule has 6 heteroatoms. The number of hydrogen-bond donors (Lipinski definition) is 3. The van der Waals surface area contributed by atoms with Gasteiger partial charge in [0.1, 0.15) is 5.76 Å². The maximum atomic E-state index is 13.9. The minimum absolute atomic E-state index is 0.0840. The summed E-state index contributed by atoms with van der Waals surface area (Å²) in [6.45, 7) is 17.0. The summed E-state index contributed by atoms with van der Waals surface area (Å²) in [5, 5.41) is 12.3. The van der Waals surface area contributed by atoms with E-state index in [4.69, 9.17) is 5.73 Å². The lowest BCUT2D eigenvalue weighted by atomic mass is 9.90. The maximum absolute atomic E-state index is 13.9. The Morgan fingerprint density at radius 2 is 1.61 bits per heavy atom. The van der Waals surface area contributed by atoms with E-state index in [1.54, 1.807) is 64.3 Å². The summed E-state index contributed by atoms with van der Waals surface area (Å²) in [6.07, 6.45) is 4.31. The van der Waals surface area contributed by atoms with Gasteiger partial charge in [-0.3, -0.25) is 0 Å². The molecule has 0 saturated heterocycles. The van der Waals surface area contributed by atoms with Crippen LogP contribution in [0.2, 0.25) is 0 Å². The Balaban J connectivity index is 0. The van der Waals surface area contributed by atoms with Crippen molar-refractivity contribution in [1.82, 2.24) is 0 Å². The number of halogens is 3. The molecule has 1 rings (SSSR count). The fourth-order valence-electron chi connectivity index (χ4n) is 2.76. The Morgan fingerprint density at radius 3 is 2.03 bits per heavy atom. The largest absolute Gasteiger partial charge is 0.508 e. The number of aliphatic hydroxyl groups excluding tert-OH is 1. The third kappa shape index (κ3) is 10.6. The molecule has 0 heterocycles. The lowest BCUT2D eigenvalue weighted by molar-refractivity contribution is -0.137. The molecule has 0 unspecified atom stereocenters. The second kappa shape index (κ2) is 16.8. The highest BCUT2D eigenvalue weighted by atomic mass is 19.4. The van der Waals surface area contributed by atoms with E-state index < -0.39 is 11.7 Å². The number of aliphatic hydroxyl groups is 1. The Morgan fingerprint density at radius 1 is 1.06 bits per heavy atom. The lowest BCUT2D eigenvalue weighted by Crippen LogP contribution is -2.13. The summed E-state index contributed by atoms with van der Waals surface area (Å²) in [7, 11) is 1.59. The predicted molar refractivity (Wildman–Crippen MR) is 139 cm³/mol. The second-order valence-electron chi connectivity index (χ2n) is 6.59. The van der Waals surface area contributed by atoms with Crippen molar-refractivity contribution in [2.24, 2.45) is 5.73 Å². The minimum atomic E-state index is -4.53. The molecule has 0 fully saturated rings. The van der Waals surface area contributed by atoms with Gasteiger partial charge < -0.3 is 16.2 Å². The molecule has 1 aromatic carbocycles. The van der Waals surface area contributed by atoms with E-state index in [0.717, 1.165) is 6.07 Å². The highest BCUT2D eigenvalue weighted by Gasteiger charge is 2.35. The molecule has 0 aliphatic heterocycles. The molecule has 0 aliphatic rings. The van der Waals surface area contributed by atoms with Crippen LogP contribution in [-0.4, -0.2) is 18.7 Å². The molecule has 0 atom stereocenters. The second-order valence-corrected chi connectivity index (χ2v) is 6.59. The van der Waals surface area contributed by atoms with Gasteiger partial charge in [0.05, 0.1) is 5.56 Å². The van der Waals surface area contributed by atoms with E-state index in [1.807, 2.05) is 27.7 Å². The van der Waals surface area contributed by atoms with Gasteiger partial charge in [-0.05, 0) is 73.7 Å². The van der Waals surface area contributed by atoms with Gasteiger partial charge >= 0.3 is 6.18 Å². The van der Waals surface area contributed by atoms with Gasteiger partial charge in [0.2, 0.25) is 0 Å². The van der Waals surface area contributed by atoms with Crippen LogP contribution in [0.1, 0.15) is 65.2 Å². The maximum Gasteiger partial charge on any atom is 0.417 e. The predicted octanol–water partition coefficient (Wildman–Crippen LogP) is 8.22. The van der Waals surface area contributed by atoms with Crippen molar-refractivity contribution in [1.29, 1.82) is 0 Å². The average Bonchev–Trinajstić information content (AvgIpc) is 2.79. The first-order valence-corrected chi connectivity index (χ1v) is 11.3. The normalized spacial score (nSPS) is 12.5. The highest BCUT2D eigenvalue weighted by Crippen LogP contribution is 2.40. The first kappa shape index (κ1) is 32.4. The molecule has 0 aliphatic carbocycles. The van der Waals surface area contributed by atoms with Gasteiger partial charge in [0, 0.05) is 12.7 Å². The van der Waals surface area contributed by atoms with Crippen LogP contribution in [0.4, 0.5) is 18.9 Å². The molecule has 0 spiro atoms. The number of hydrogen-bond acceptors (Lipinski definition) is 3. The summed E-state index contributed by atoms with van der Waals surface area (Å²) in [5.74, 6) is -0.0902. The molecule has 3 nitrogen and oxygen atoms in total. The van der Waals surface area contributed by atoms with Crippen LogP contribution >= 0.6 is 0 Å². The van der Waals surface area contributed by atoms with Crippen LogP contribution in [0, 0.1) is 0 Å². The molecule has 4 N–H and O–H groups in total. The van der Waals surface area contributed by atoms with Crippen molar-refractivity contribution in [3.63, 3.8) is 0 Å². The summed E-state index contributed by atoms with van der Waals surface area (Å²) in [5.41, 5.74) is 7.72. The van der Waals surface area contributed by atoms with Crippen LogP contribution in [0.25, 0.3) is 5.57 Å². The van der Waals surface area contributed by atoms with Crippen LogP contribution in [0.3, 0.4) is 0 Å². The standard InChI is InChI=1S/C23H29F3N2O.2C2H6/c1-6-7-8-19(16(3)10-9-15(2)17(4)29)20-13-18(11-12-27)22(28-5)14-21(20)23(24,25)26;2*1-2/h6-10,13-14,28-29H,4,11-12,27H2,1-3,5H3;2*1-2H3/b7-6-,15-9+,16-10+,19-8+;;. The van der Waals surface area contributed by atoms with Crippen molar-refractivity contribution in [3.05, 3.63) is 82.7 Å². The smallest absolute Gasteiger partial charge is 0.417 e. The van der Waals surface area contributed by atoms with E-state index in [1.165, 1.54) is 0 Å². The number of benzene rings is 1. The molecule has 0 aromatic heterocycles. The van der Waals surface area contributed by atoms with E-state index in [0.29, 0.717) is 40.9 Å². The topological polar surface area (TPSA) is 58.3 Å². The number of nitrogens with one attached hydrogen (secondary N) is 1. The van der Waals surface area contributed by atoms with Gasteiger partial charge in [-0.25, -0.2) is 0 Å². The molecule has 0 radical (unpaired) electrons. The average molecular weight is 467 g/mol. The van der Waals surface area contributed by atoms with Crippen molar-refractivity contribution in [3.8, 4) is 0 Å². The van der Waals surface area contributed by atoms with Gasteiger partial charge in [0.25, 0.3) is 0 Å². The minimum Gasteiger partial charge on any atom is -0.508 e. The van der Waals surface area contributed by atoms with Crippen LogP contribution in [-0.2, 0) is 12.6 Å². The van der Waals surface area contributed by atoms with Gasteiger partial charge in [-0.15, -0.1) is 0 Å².